The van der Waals surface area contributed by atoms with Crippen molar-refractivity contribution in [2.75, 3.05) is 13.1 Å². The highest BCUT2D eigenvalue weighted by atomic mass is 16.5. The number of amides is 1. The minimum Gasteiger partial charge on any atom is -0.481 e. The second-order valence-corrected chi connectivity index (χ2v) is 6.29. The molecule has 18 heavy (non-hydrogen) atoms. The smallest absolute Gasteiger partial charge is 0.312 e. The molecule has 1 N–H and O–H groups in total. The summed E-state index contributed by atoms with van der Waals surface area (Å²) in [5.41, 5.74) is -1.50. The summed E-state index contributed by atoms with van der Waals surface area (Å²) in [5.74, 6) is -0.667. The van der Waals surface area contributed by atoms with Gasteiger partial charge in [0.05, 0.1) is 11.2 Å². The summed E-state index contributed by atoms with van der Waals surface area (Å²) >= 11 is 0. The third-order valence-electron chi connectivity index (χ3n) is 5.09. The molecule has 1 amide bonds. The van der Waals surface area contributed by atoms with Crippen molar-refractivity contribution in [3.63, 3.8) is 0 Å². The number of carbonyl (C=O) groups is 2. The van der Waals surface area contributed by atoms with Crippen LogP contribution in [0.5, 0.6) is 0 Å². The van der Waals surface area contributed by atoms with Gasteiger partial charge in [-0.3, -0.25) is 9.59 Å². The molecule has 100 valence electrons. The van der Waals surface area contributed by atoms with E-state index in [-0.39, 0.29) is 11.5 Å². The van der Waals surface area contributed by atoms with E-state index in [9.17, 15) is 14.7 Å². The Bertz CT molecular complexity index is 417. The fourth-order valence-corrected chi connectivity index (χ4v) is 4.30. The highest BCUT2D eigenvalue weighted by Gasteiger charge is 2.76. The Morgan fingerprint density at radius 3 is 2.22 bits per heavy atom. The molecule has 0 radical (unpaired) electrons. The van der Waals surface area contributed by atoms with Gasteiger partial charge in [-0.1, -0.05) is 0 Å². The van der Waals surface area contributed by atoms with Gasteiger partial charge in [0.1, 0.15) is 5.41 Å². The SMILES string of the molecule is CC(=O)N1CCC2(CC1)OC1(C)CC2(C(=O)O)C1. The van der Waals surface area contributed by atoms with Crippen molar-refractivity contribution in [3.8, 4) is 0 Å². The number of carboxylic acid groups (broad SMARTS) is 1. The van der Waals surface area contributed by atoms with Crippen LogP contribution in [0.3, 0.4) is 0 Å². The first-order chi connectivity index (χ1) is 8.33. The van der Waals surface area contributed by atoms with Crippen LogP contribution in [0.25, 0.3) is 0 Å². The highest BCUT2D eigenvalue weighted by molar-refractivity contribution is 5.80. The Morgan fingerprint density at radius 2 is 1.78 bits per heavy atom. The first kappa shape index (κ1) is 12.0. The molecule has 3 saturated heterocycles. The zero-order valence-corrected chi connectivity index (χ0v) is 10.9. The van der Waals surface area contributed by atoms with Crippen molar-refractivity contribution in [3.05, 3.63) is 0 Å². The van der Waals surface area contributed by atoms with Gasteiger partial charge in [0.25, 0.3) is 0 Å². The zero-order valence-electron chi connectivity index (χ0n) is 10.9. The van der Waals surface area contributed by atoms with Gasteiger partial charge >= 0.3 is 5.97 Å². The van der Waals surface area contributed by atoms with Crippen molar-refractivity contribution >= 4 is 11.9 Å². The molecule has 1 spiro atoms. The summed E-state index contributed by atoms with van der Waals surface area (Å²) in [6, 6.07) is 0. The third kappa shape index (κ3) is 1.25. The summed E-state index contributed by atoms with van der Waals surface area (Å²) in [5, 5.41) is 9.56. The molecule has 3 aliphatic heterocycles. The van der Waals surface area contributed by atoms with E-state index in [1.54, 1.807) is 11.8 Å². The number of likely N-dealkylation sites (tertiary alicyclic amines) is 1. The Kier molecular flexibility index (Phi) is 2.17. The molecule has 5 heteroatoms. The van der Waals surface area contributed by atoms with E-state index in [0.717, 1.165) is 0 Å². The van der Waals surface area contributed by atoms with Crippen LogP contribution in [-0.2, 0) is 14.3 Å². The van der Waals surface area contributed by atoms with Crippen LogP contribution < -0.4 is 0 Å². The maximum atomic E-state index is 11.6. The summed E-state index contributed by atoms with van der Waals surface area (Å²) in [6.07, 6.45) is 2.54. The topological polar surface area (TPSA) is 66.8 Å². The Hall–Kier alpha value is -1.10. The summed E-state index contributed by atoms with van der Waals surface area (Å²) in [6.45, 7) is 4.78. The predicted octanol–water partition coefficient (Wildman–Crippen LogP) is 1.02. The molecule has 0 aromatic rings. The van der Waals surface area contributed by atoms with Crippen LogP contribution in [0.1, 0.15) is 39.5 Å². The lowest BCUT2D eigenvalue weighted by Gasteiger charge is -2.46. The summed E-state index contributed by atoms with van der Waals surface area (Å²) in [7, 11) is 0. The van der Waals surface area contributed by atoms with Crippen LogP contribution in [0, 0.1) is 5.41 Å². The van der Waals surface area contributed by atoms with Crippen LogP contribution in [-0.4, -0.2) is 46.2 Å². The van der Waals surface area contributed by atoms with E-state index in [2.05, 4.69) is 0 Å². The van der Waals surface area contributed by atoms with E-state index in [0.29, 0.717) is 38.8 Å². The van der Waals surface area contributed by atoms with E-state index < -0.39 is 17.0 Å². The van der Waals surface area contributed by atoms with Gasteiger partial charge in [-0.05, 0) is 32.6 Å². The normalized spacial score (nSPS) is 40.7. The number of rotatable bonds is 1. The van der Waals surface area contributed by atoms with Crippen LogP contribution in [0.2, 0.25) is 0 Å². The molecule has 4 rings (SSSR count). The maximum Gasteiger partial charge on any atom is 0.312 e. The highest BCUT2D eigenvalue weighted by Crippen LogP contribution is 2.69. The molecule has 2 bridgehead atoms. The average molecular weight is 253 g/mol. The number of aliphatic carboxylic acids is 1. The first-order valence-electron chi connectivity index (χ1n) is 6.52. The molecule has 4 aliphatic rings. The number of hydrogen-bond acceptors (Lipinski definition) is 3. The molecule has 0 unspecified atom stereocenters. The molecule has 0 aromatic carbocycles. The second kappa shape index (κ2) is 3.26. The summed E-state index contributed by atoms with van der Waals surface area (Å²) in [4.78, 5) is 24.8. The molecule has 4 fully saturated rings. The summed E-state index contributed by atoms with van der Waals surface area (Å²) < 4.78 is 6.13. The maximum absolute atomic E-state index is 11.6. The molecule has 0 aromatic heterocycles. The molecule has 1 aliphatic carbocycles. The van der Waals surface area contributed by atoms with E-state index >= 15 is 0 Å². The van der Waals surface area contributed by atoms with Gasteiger partial charge in [-0.25, -0.2) is 0 Å². The van der Waals surface area contributed by atoms with Gasteiger partial charge in [0, 0.05) is 20.0 Å². The standard InChI is InChI=1S/C13H19NO4/c1-9(15)14-5-3-13(4-6-14)12(10(16)17)7-11(2,8-12)18-13/h3-8H2,1-2H3,(H,16,17). The largest absolute Gasteiger partial charge is 0.481 e. The zero-order chi connectivity index (χ0) is 13.2. The average Bonchev–Trinajstić information content (AvgIpc) is 2.62. The van der Waals surface area contributed by atoms with Gasteiger partial charge < -0.3 is 14.7 Å². The lowest BCUT2D eigenvalue weighted by molar-refractivity contribution is -0.161. The van der Waals surface area contributed by atoms with Gasteiger partial charge in [0.2, 0.25) is 5.91 Å². The lowest BCUT2D eigenvalue weighted by atomic mass is 9.54. The number of nitrogens with zero attached hydrogens (tertiary/aromatic N) is 1. The lowest BCUT2D eigenvalue weighted by Crippen LogP contribution is -2.57. The van der Waals surface area contributed by atoms with Crippen LogP contribution in [0.15, 0.2) is 0 Å². The Balaban J connectivity index is 1.85. The second-order valence-electron chi connectivity index (χ2n) is 6.29. The quantitative estimate of drug-likeness (QED) is 0.757. The molecule has 5 nitrogen and oxygen atoms in total. The third-order valence-corrected chi connectivity index (χ3v) is 5.09. The first-order valence-corrected chi connectivity index (χ1v) is 6.52. The Morgan fingerprint density at radius 1 is 1.22 bits per heavy atom. The molecule has 0 atom stereocenters. The van der Waals surface area contributed by atoms with E-state index in [1.807, 2.05) is 6.92 Å². The van der Waals surface area contributed by atoms with Crippen molar-refractivity contribution in [1.29, 1.82) is 0 Å². The van der Waals surface area contributed by atoms with Gasteiger partial charge in [-0.15, -0.1) is 0 Å². The van der Waals surface area contributed by atoms with Crippen molar-refractivity contribution in [2.24, 2.45) is 5.41 Å². The fraction of sp³-hybridized carbons (Fsp3) is 0.846. The van der Waals surface area contributed by atoms with Crippen molar-refractivity contribution in [1.82, 2.24) is 4.90 Å². The number of carboxylic acids is 1. The van der Waals surface area contributed by atoms with Crippen LogP contribution >= 0.6 is 0 Å². The van der Waals surface area contributed by atoms with Crippen LogP contribution in [0.4, 0.5) is 0 Å². The van der Waals surface area contributed by atoms with Gasteiger partial charge in [-0.2, -0.15) is 0 Å². The molecular formula is C13H19NO4. The van der Waals surface area contributed by atoms with E-state index in [1.165, 1.54) is 0 Å². The number of ether oxygens (including phenoxy) is 1. The van der Waals surface area contributed by atoms with Crippen molar-refractivity contribution < 1.29 is 19.4 Å². The minimum atomic E-state index is -0.728. The monoisotopic (exact) mass is 253 g/mol. The minimum absolute atomic E-state index is 0.0609. The Labute approximate surface area is 106 Å². The molecule has 3 heterocycles. The molecule has 1 saturated carbocycles. The predicted molar refractivity (Wildman–Crippen MR) is 63.0 cm³/mol. The number of hydrogen-bond donors (Lipinski definition) is 1. The fourth-order valence-electron chi connectivity index (χ4n) is 4.30. The van der Waals surface area contributed by atoms with Gasteiger partial charge in [0.15, 0.2) is 0 Å². The molecular weight excluding hydrogens is 234 g/mol. The number of piperidine rings is 1. The van der Waals surface area contributed by atoms with E-state index in [4.69, 9.17) is 4.74 Å². The number of carbonyl (C=O) groups excluding carboxylic acids is 1. The van der Waals surface area contributed by atoms with Crippen molar-refractivity contribution in [2.45, 2.75) is 50.7 Å².